The summed E-state index contributed by atoms with van der Waals surface area (Å²) in [6.07, 6.45) is 0. The molecule has 2 aliphatic rings. The topological polar surface area (TPSA) is 59.6 Å². The summed E-state index contributed by atoms with van der Waals surface area (Å²) in [5, 5.41) is 6.17. The molecule has 2 N–H and O–H groups in total. The van der Waals surface area contributed by atoms with E-state index in [-0.39, 0.29) is 12.5 Å². The summed E-state index contributed by atoms with van der Waals surface area (Å²) in [7, 11) is 0. The first-order valence-electron chi connectivity index (χ1n) is 5.68. The minimum Gasteiger partial charge on any atom is -0.482 e. The van der Waals surface area contributed by atoms with Crippen LogP contribution in [0.2, 0.25) is 0 Å². The van der Waals surface area contributed by atoms with E-state index in [4.69, 9.17) is 9.47 Å². The SMILES string of the molecule is O=C1COc2ccc(CNC3COC3)cc2N1. The molecule has 0 atom stereocenters. The highest BCUT2D eigenvalue weighted by Crippen LogP contribution is 2.28. The van der Waals surface area contributed by atoms with Crippen molar-refractivity contribution in [2.45, 2.75) is 12.6 Å². The molecule has 3 rings (SSSR count). The number of hydrogen-bond acceptors (Lipinski definition) is 4. The minimum atomic E-state index is -0.102. The first-order chi connectivity index (χ1) is 8.31. The number of rotatable bonds is 3. The molecule has 2 aliphatic heterocycles. The molecule has 0 saturated carbocycles. The van der Waals surface area contributed by atoms with Gasteiger partial charge in [-0.05, 0) is 17.7 Å². The van der Waals surface area contributed by atoms with Gasteiger partial charge in [0.25, 0.3) is 5.91 Å². The second-order valence-corrected chi connectivity index (χ2v) is 4.28. The van der Waals surface area contributed by atoms with Crippen molar-refractivity contribution in [3.05, 3.63) is 23.8 Å². The quantitative estimate of drug-likeness (QED) is 0.800. The number of carbonyl (C=O) groups is 1. The number of nitrogens with one attached hydrogen (secondary N) is 2. The summed E-state index contributed by atoms with van der Waals surface area (Å²) >= 11 is 0. The predicted octanol–water partition coefficient (Wildman–Crippen LogP) is 0.506. The molecule has 1 saturated heterocycles. The Kier molecular flexibility index (Phi) is 2.70. The summed E-state index contributed by atoms with van der Waals surface area (Å²) in [5.41, 5.74) is 1.88. The molecular weight excluding hydrogens is 220 g/mol. The van der Waals surface area contributed by atoms with Crippen molar-refractivity contribution in [3.63, 3.8) is 0 Å². The monoisotopic (exact) mass is 234 g/mol. The molecule has 1 aromatic carbocycles. The molecule has 1 aromatic rings. The van der Waals surface area contributed by atoms with Gasteiger partial charge in [-0.15, -0.1) is 0 Å². The van der Waals surface area contributed by atoms with E-state index in [0.717, 1.165) is 36.8 Å². The summed E-state index contributed by atoms with van der Waals surface area (Å²) in [6, 6.07) is 6.29. The fraction of sp³-hybridized carbons (Fsp3) is 0.417. The highest BCUT2D eigenvalue weighted by atomic mass is 16.5. The van der Waals surface area contributed by atoms with Crippen LogP contribution in [-0.2, 0) is 16.1 Å². The van der Waals surface area contributed by atoms with Crippen LogP contribution in [0, 0.1) is 0 Å². The molecule has 5 nitrogen and oxygen atoms in total. The van der Waals surface area contributed by atoms with Gasteiger partial charge in [-0.2, -0.15) is 0 Å². The fourth-order valence-corrected chi connectivity index (χ4v) is 1.86. The van der Waals surface area contributed by atoms with Crippen LogP contribution in [0.3, 0.4) is 0 Å². The molecule has 0 spiro atoms. The van der Waals surface area contributed by atoms with Crippen molar-refractivity contribution in [3.8, 4) is 5.75 Å². The lowest BCUT2D eigenvalue weighted by molar-refractivity contribution is -0.118. The molecule has 0 aromatic heterocycles. The third kappa shape index (κ3) is 2.25. The molecule has 0 radical (unpaired) electrons. The molecule has 5 heteroatoms. The lowest BCUT2D eigenvalue weighted by atomic mass is 10.1. The van der Waals surface area contributed by atoms with Crippen LogP contribution in [0.1, 0.15) is 5.56 Å². The largest absolute Gasteiger partial charge is 0.482 e. The first-order valence-corrected chi connectivity index (χ1v) is 5.68. The normalized spacial score (nSPS) is 18.9. The van der Waals surface area contributed by atoms with E-state index in [1.807, 2.05) is 18.2 Å². The Hall–Kier alpha value is -1.59. The maximum absolute atomic E-state index is 11.2. The predicted molar refractivity (Wildman–Crippen MR) is 62.0 cm³/mol. The number of carbonyl (C=O) groups excluding carboxylic acids is 1. The van der Waals surface area contributed by atoms with Crippen molar-refractivity contribution in [1.29, 1.82) is 0 Å². The number of anilines is 1. The van der Waals surface area contributed by atoms with Gasteiger partial charge in [0.1, 0.15) is 5.75 Å². The Bertz CT molecular complexity index is 443. The average Bonchev–Trinajstić information content (AvgIpc) is 2.26. The van der Waals surface area contributed by atoms with Gasteiger partial charge in [-0.1, -0.05) is 6.07 Å². The lowest BCUT2D eigenvalue weighted by Crippen LogP contribution is -2.45. The van der Waals surface area contributed by atoms with Crippen LogP contribution in [-0.4, -0.2) is 31.8 Å². The molecule has 1 amide bonds. The zero-order chi connectivity index (χ0) is 11.7. The second-order valence-electron chi connectivity index (χ2n) is 4.28. The van der Waals surface area contributed by atoms with E-state index in [2.05, 4.69) is 10.6 Å². The van der Waals surface area contributed by atoms with Gasteiger partial charge in [-0.25, -0.2) is 0 Å². The smallest absolute Gasteiger partial charge is 0.262 e. The van der Waals surface area contributed by atoms with Gasteiger partial charge in [0.05, 0.1) is 24.9 Å². The van der Waals surface area contributed by atoms with Gasteiger partial charge in [0.2, 0.25) is 0 Å². The number of hydrogen-bond donors (Lipinski definition) is 2. The average molecular weight is 234 g/mol. The highest BCUT2D eigenvalue weighted by molar-refractivity contribution is 5.95. The second kappa shape index (κ2) is 4.35. The van der Waals surface area contributed by atoms with Gasteiger partial charge in [-0.3, -0.25) is 4.79 Å². The Balaban J connectivity index is 1.68. The standard InChI is InChI=1S/C12H14N2O3/c15-12-7-17-11-2-1-8(3-10(11)14-12)4-13-9-5-16-6-9/h1-3,9,13H,4-7H2,(H,14,15). The van der Waals surface area contributed by atoms with E-state index in [1.165, 1.54) is 0 Å². The van der Waals surface area contributed by atoms with E-state index < -0.39 is 0 Å². The summed E-state index contributed by atoms with van der Waals surface area (Å²) in [6.45, 7) is 2.44. The Morgan fingerprint density at radius 2 is 2.29 bits per heavy atom. The van der Waals surface area contributed by atoms with E-state index in [0.29, 0.717) is 6.04 Å². The van der Waals surface area contributed by atoms with Gasteiger partial charge in [0.15, 0.2) is 6.61 Å². The third-order valence-corrected chi connectivity index (χ3v) is 2.91. The van der Waals surface area contributed by atoms with Crippen molar-refractivity contribution in [1.82, 2.24) is 5.32 Å². The molecule has 0 bridgehead atoms. The Labute approximate surface area is 99.1 Å². The molecule has 17 heavy (non-hydrogen) atoms. The van der Waals surface area contributed by atoms with Crippen LogP contribution < -0.4 is 15.4 Å². The Morgan fingerprint density at radius 3 is 3.06 bits per heavy atom. The van der Waals surface area contributed by atoms with Crippen LogP contribution in [0.25, 0.3) is 0 Å². The third-order valence-electron chi connectivity index (χ3n) is 2.91. The summed E-state index contributed by atoms with van der Waals surface area (Å²) in [5.74, 6) is 0.635. The molecular formula is C12H14N2O3. The summed E-state index contributed by atoms with van der Waals surface area (Å²) < 4.78 is 10.4. The van der Waals surface area contributed by atoms with Crippen molar-refractivity contribution < 1.29 is 14.3 Å². The number of fused-ring (bicyclic) bond motifs is 1. The van der Waals surface area contributed by atoms with Crippen LogP contribution in [0.5, 0.6) is 5.75 Å². The van der Waals surface area contributed by atoms with Gasteiger partial charge >= 0.3 is 0 Å². The van der Waals surface area contributed by atoms with E-state index >= 15 is 0 Å². The van der Waals surface area contributed by atoms with Crippen molar-refractivity contribution >= 4 is 11.6 Å². The summed E-state index contributed by atoms with van der Waals surface area (Å²) in [4.78, 5) is 11.2. The maximum Gasteiger partial charge on any atom is 0.262 e. The number of ether oxygens (including phenoxy) is 2. The molecule has 90 valence electrons. The fourth-order valence-electron chi connectivity index (χ4n) is 1.86. The van der Waals surface area contributed by atoms with E-state index in [9.17, 15) is 4.79 Å². The minimum absolute atomic E-state index is 0.101. The van der Waals surface area contributed by atoms with Crippen LogP contribution in [0.4, 0.5) is 5.69 Å². The van der Waals surface area contributed by atoms with Crippen LogP contribution in [0.15, 0.2) is 18.2 Å². The maximum atomic E-state index is 11.2. The van der Waals surface area contributed by atoms with Crippen molar-refractivity contribution in [2.24, 2.45) is 0 Å². The first kappa shape index (κ1) is 10.6. The highest BCUT2D eigenvalue weighted by Gasteiger charge is 2.18. The number of benzene rings is 1. The number of amides is 1. The van der Waals surface area contributed by atoms with E-state index in [1.54, 1.807) is 0 Å². The van der Waals surface area contributed by atoms with Crippen LogP contribution >= 0.6 is 0 Å². The van der Waals surface area contributed by atoms with Gasteiger partial charge in [0, 0.05) is 6.54 Å². The molecule has 0 aliphatic carbocycles. The zero-order valence-corrected chi connectivity index (χ0v) is 9.36. The molecule has 1 fully saturated rings. The lowest BCUT2D eigenvalue weighted by Gasteiger charge is -2.27. The van der Waals surface area contributed by atoms with Gasteiger partial charge < -0.3 is 20.1 Å². The molecule has 0 unspecified atom stereocenters. The Morgan fingerprint density at radius 1 is 1.41 bits per heavy atom. The zero-order valence-electron chi connectivity index (χ0n) is 9.36. The van der Waals surface area contributed by atoms with Crippen molar-refractivity contribution in [2.75, 3.05) is 25.1 Å². The molecule has 2 heterocycles.